The minimum atomic E-state index is -6.05. The van der Waals surface area contributed by atoms with E-state index in [0.717, 1.165) is 0 Å². The lowest BCUT2D eigenvalue weighted by Gasteiger charge is -2.38. The zero-order chi connectivity index (χ0) is 31.7. The van der Waals surface area contributed by atoms with Crippen LogP contribution in [-0.4, -0.2) is 34.4 Å². The number of allylic oxidation sites excluding steroid dienone is 4. The van der Waals surface area contributed by atoms with Gasteiger partial charge in [0.15, 0.2) is 0 Å². The molecule has 2 aliphatic carbocycles. The third kappa shape index (κ3) is 6.03. The quantitative estimate of drug-likeness (QED) is 0.188. The highest BCUT2D eigenvalue weighted by Gasteiger charge is 2.72. The highest BCUT2D eigenvalue weighted by Crippen LogP contribution is 2.57. The van der Waals surface area contributed by atoms with E-state index in [1.165, 1.54) is 18.2 Å². The van der Waals surface area contributed by atoms with Gasteiger partial charge in [0.05, 0.1) is 11.4 Å². The summed E-state index contributed by atoms with van der Waals surface area (Å²) in [6, 6.07) is 2.79. The van der Waals surface area contributed by atoms with Crippen molar-refractivity contribution in [2.45, 2.75) is 43.5 Å². The Bertz CT molecular complexity index is 1570. The van der Waals surface area contributed by atoms with Crippen molar-refractivity contribution in [3.05, 3.63) is 94.4 Å². The molecule has 2 aromatic carbocycles. The zero-order valence-electron chi connectivity index (χ0n) is 22.2. The second-order valence-electron chi connectivity index (χ2n) is 9.95. The molecule has 43 heavy (non-hydrogen) atoms. The Hall–Kier alpha value is -4.88. The molecule has 4 rings (SSSR count). The van der Waals surface area contributed by atoms with Gasteiger partial charge in [0.2, 0.25) is 5.41 Å². The van der Waals surface area contributed by atoms with E-state index in [4.69, 9.17) is 11.5 Å². The molecular formula is C29H26F6N4O4. The van der Waals surface area contributed by atoms with E-state index in [1.807, 2.05) is 0 Å². The van der Waals surface area contributed by atoms with Crippen molar-refractivity contribution in [2.75, 3.05) is 10.6 Å². The Morgan fingerprint density at radius 2 is 1.23 bits per heavy atom. The Morgan fingerprint density at radius 3 is 1.72 bits per heavy atom. The van der Waals surface area contributed by atoms with Gasteiger partial charge < -0.3 is 32.3 Å². The monoisotopic (exact) mass is 608 g/mol. The smallest absolute Gasteiger partial charge is 0.411 e. The van der Waals surface area contributed by atoms with Crippen molar-refractivity contribution >= 4 is 23.2 Å². The van der Waals surface area contributed by atoms with Crippen molar-refractivity contribution in [3.8, 4) is 11.5 Å². The summed E-state index contributed by atoms with van der Waals surface area (Å²) in [4.78, 5) is 25.4. The summed E-state index contributed by atoms with van der Waals surface area (Å²) in [5, 5.41) is 24.8. The third-order valence-corrected chi connectivity index (χ3v) is 7.03. The largest absolute Gasteiger partial charge is 0.506 e. The first-order chi connectivity index (χ1) is 20.0. The lowest BCUT2D eigenvalue weighted by molar-refractivity contribution is -0.288. The summed E-state index contributed by atoms with van der Waals surface area (Å²) < 4.78 is 88.9. The van der Waals surface area contributed by atoms with Crippen LogP contribution >= 0.6 is 0 Å². The number of benzene rings is 2. The number of carbonyl (C=O) groups is 2. The zero-order valence-corrected chi connectivity index (χ0v) is 22.2. The Balaban J connectivity index is 1.83. The van der Waals surface area contributed by atoms with Crippen LogP contribution in [0.3, 0.4) is 0 Å². The highest BCUT2D eigenvalue weighted by atomic mass is 19.4. The molecule has 0 spiro atoms. The third-order valence-electron chi connectivity index (χ3n) is 7.03. The van der Waals surface area contributed by atoms with Crippen LogP contribution in [0.1, 0.15) is 36.8 Å². The van der Waals surface area contributed by atoms with Gasteiger partial charge in [0.1, 0.15) is 11.5 Å². The summed E-state index contributed by atoms with van der Waals surface area (Å²) in [5.41, 5.74) is 3.14. The van der Waals surface area contributed by atoms with Gasteiger partial charge in [-0.1, -0.05) is 24.3 Å². The first-order valence-corrected chi connectivity index (χ1v) is 12.8. The van der Waals surface area contributed by atoms with E-state index < -0.39 is 63.6 Å². The minimum absolute atomic E-state index is 0.00991. The summed E-state index contributed by atoms with van der Waals surface area (Å²) in [7, 11) is 0. The number of rotatable bonds is 6. The van der Waals surface area contributed by atoms with Crippen molar-refractivity contribution in [1.82, 2.24) is 0 Å². The Morgan fingerprint density at radius 1 is 0.721 bits per heavy atom. The van der Waals surface area contributed by atoms with Gasteiger partial charge in [0.25, 0.3) is 11.8 Å². The van der Waals surface area contributed by atoms with E-state index in [0.29, 0.717) is 61.4 Å². The molecule has 2 amide bonds. The van der Waals surface area contributed by atoms with Crippen LogP contribution in [0.15, 0.2) is 83.2 Å². The Kier molecular flexibility index (Phi) is 8.25. The molecule has 0 heterocycles. The van der Waals surface area contributed by atoms with E-state index in [1.54, 1.807) is 6.08 Å². The maximum absolute atomic E-state index is 14.8. The number of amides is 2. The van der Waals surface area contributed by atoms with Crippen LogP contribution in [0.5, 0.6) is 11.5 Å². The molecule has 0 saturated carbocycles. The number of nitrogens with two attached hydrogens (primary N) is 2. The molecule has 2 aliphatic rings. The molecule has 0 fully saturated rings. The summed E-state index contributed by atoms with van der Waals surface area (Å²) in [6.45, 7) is 0. The molecule has 0 atom stereocenters. The number of anilines is 2. The number of carbonyl (C=O) groups excluding carboxylic acids is 2. The number of hydrogen-bond acceptors (Lipinski definition) is 6. The normalized spacial score (nSPS) is 16.0. The molecule has 8 nitrogen and oxygen atoms in total. The predicted octanol–water partition coefficient (Wildman–Crippen LogP) is 5.51. The van der Waals surface area contributed by atoms with E-state index in [2.05, 4.69) is 10.6 Å². The maximum atomic E-state index is 14.8. The van der Waals surface area contributed by atoms with Gasteiger partial charge in [-0.2, -0.15) is 26.3 Å². The summed E-state index contributed by atoms with van der Waals surface area (Å²) in [6.07, 6.45) is -4.98. The average Bonchev–Trinajstić information content (AvgIpc) is 2.91. The fourth-order valence-electron chi connectivity index (χ4n) is 4.91. The second kappa shape index (κ2) is 11.4. The molecule has 0 aliphatic heterocycles. The SMILES string of the molecule is NC1=CCCC(C(=O)Nc2cc(C(c3ccc(O)c(NC(=O)C4=CCCC(N)=C4)c3)(C(F)(F)F)C(F)(F)F)ccc2O)=C1. The van der Waals surface area contributed by atoms with Crippen LogP contribution in [-0.2, 0) is 15.0 Å². The van der Waals surface area contributed by atoms with Crippen LogP contribution in [0.2, 0.25) is 0 Å². The number of hydrogen-bond donors (Lipinski definition) is 6. The number of nitrogens with one attached hydrogen (secondary N) is 2. The minimum Gasteiger partial charge on any atom is -0.506 e. The van der Waals surface area contributed by atoms with Gasteiger partial charge in [0, 0.05) is 22.5 Å². The number of phenolic OH excluding ortho intramolecular Hbond substituents is 2. The van der Waals surface area contributed by atoms with Crippen LogP contribution in [0.4, 0.5) is 37.7 Å². The average molecular weight is 609 g/mol. The van der Waals surface area contributed by atoms with E-state index in [9.17, 15) is 46.1 Å². The van der Waals surface area contributed by atoms with Crippen molar-refractivity contribution in [2.24, 2.45) is 11.5 Å². The second-order valence-corrected chi connectivity index (χ2v) is 9.95. The molecule has 228 valence electrons. The fraction of sp³-hybridized carbons (Fsp3) is 0.241. The van der Waals surface area contributed by atoms with Gasteiger partial charge >= 0.3 is 12.4 Å². The molecule has 2 aromatic rings. The number of alkyl halides is 6. The molecule has 14 heteroatoms. The molecule has 0 saturated heterocycles. The lowest BCUT2D eigenvalue weighted by Crippen LogP contribution is -2.54. The number of halogens is 6. The van der Waals surface area contributed by atoms with Crippen molar-refractivity contribution in [1.29, 1.82) is 0 Å². The molecular weight excluding hydrogens is 582 g/mol. The van der Waals surface area contributed by atoms with Crippen molar-refractivity contribution < 1.29 is 46.1 Å². The fourth-order valence-corrected chi connectivity index (χ4v) is 4.91. The summed E-state index contributed by atoms with van der Waals surface area (Å²) in [5.74, 6) is -3.38. The van der Waals surface area contributed by atoms with Gasteiger partial charge in [-0.05, 0) is 73.2 Å². The lowest BCUT2D eigenvalue weighted by atomic mass is 9.72. The summed E-state index contributed by atoms with van der Waals surface area (Å²) >= 11 is 0. The van der Waals surface area contributed by atoms with E-state index in [-0.39, 0.29) is 23.3 Å². The topological polar surface area (TPSA) is 151 Å². The molecule has 0 radical (unpaired) electrons. The number of aromatic hydroxyl groups is 2. The van der Waals surface area contributed by atoms with E-state index >= 15 is 0 Å². The van der Waals surface area contributed by atoms with Gasteiger partial charge in [-0.15, -0.1) is 0 Å². The van der Waals surface area contributed by atoms with Crippen LogP contribution in [0.25, 0.3) is 0 Å². The predicted molar refractivity (Wildman–Crippen MR) is 146 cm³/mol. The molecule has 8 N–H and O–H groups in total. The van der Waals surface area contributed by atoms with Gasteiger partial charge in [-0.3, -0.25) is 9.59 Å². The highest BCUT2D eigenvalue weighted by molar-refractivity contribution is 6.07. The maximum Gasteiger partial charge on any atom is 0.411 e. The number of phenols is 2. The molecule has 0 bridgehead atoms. The molecule has 0 unspecified atom stereocenters. The van der Waals surface area contributed by atoms with Crippen LogP contribution < -0.4 is 22.1 Å². The first-order valence-electron chi connectivity index (χ1n) is 12.8. The molecule has 0 aromatic heterocycles. The van der Waals surface area contributed by atoms with Crippen LogP contribution in [0, 0.1) is 0 Å². The van der Waals surface area contributed by atoms with Gasteiger partial charge in [-0.25, -0.2) is 0 Å². The van der Waals surface area contributed by atoms with Crippen molar-refractivity contribution in [3.63, 3.8) is 0 Å². The Labute approximate surface area is 241 Å². The standard InChI is InChI=1S/C29H26F6N4O4/c30-28(31,32)27(29(33,34)35,17-7-9-23(40)21(13-17)38-25(42)15-3-1-5-19(36)11-15)18-8-10-24(41)22(14-18)39-26(43)16-4-2-6-20(37)12-16/h3,6-14,40-41H,1-2,4-5,36-37H2,(H,38,42)(H,39,43). The first kappa shape index (κ1) is 31.1.